The number of amides is 2. The van der Waals surface area contributed by atoms with Gasteiger partial charge in [-0.15, -0.1) is 0 Å². The minimum Gasteiger partial charge on any atom is -0.546 e. The molecule has 0 unspecified atom stereocenters. The van der Waals surface area contributed by atoms with E-state index in [0.717, 1.165) is 0 Å². The van der Waals surface area contributed by atoms with E-state index in [9.17, 15) is 19.5 Å². The van der Waals surface area contributed by atoms with E-state index in [1.165, 1.54) is 6.21 Å². The van der Waals surface area contributed by atoms with Gasteiger partial charge < -0.3 is 20.0 Å². The van der Waals surface area contributed by atoms with Crippen molar-refractivity contribution >= 4 is 24.0 Å². The Labute approximate surface area is 133 Å². The Balaban J connectivity index is 2.62. The molecule has 0 saturated heterocycles. The van der Waals surface area contributed by atoms with Crippen molar-refractivity contribution in [2.24, 2.45) is 5.10 Å². The summed E-state index contributed by atoms with van der Waals surface area (Å²) in [4.78, 5) is 33.4. The van der Waals surface area contributed by atoms with Crippen molar-refractivity contribution in [2.75, 3.05) is 6.61 Å². The first-order valence-electron chi connectivity index (χ1n) is 6.99. The van der Waals surface area contributed by atoms with E-state index in [1.807, 2.05) is 6.92 Å². The van der Waals surface area contributed by atoms with Crippen LogP contribution >= 0.6 is 0 Å². The highest BCUT2D eigenvalue weighted by Gasteiger charge is 2.14. The minimum atomic E-state index is -1.35. The monoisotopic (exact) mass is 320 g/mol. The molecule has 1 rings (SSSR count). The van der Waals surface area contributed by atoms with Gasteiger partial charge in [-0.25, -0.2) is 5.43 Å². The predicted octanol–water partition coefficient (Wildman–Crippen LogP) is -0.820. The SMILES string of the molecule is CC[C@H](C)NC(=O)C(=O)N/N=C\c1ccccc1OCC(=O)[O-]. The Morgan fingerprint density at radius 3 is 2.65 bits per heavy atom. The van der Waals surface area contributed by atoms with Crippen LogP contribution in [0.15, 0.2) is 29.4 Å². The second kappa shape index (κ2) is 9.19. The van der Waals surface area contributed by atoms with Gasteiger partial charge in [-0.2, -0.15) is 5.10 Å². The van der Waals surface area contributed by atoms with E-state index >= 15 is 0 Å². The van der Waals surface area contributed by atoms with E-state index in [-0.39, 0.29) is 11.8 Å². The third-order valence-corrected chi connectivity index (χ3v) is 2.83. The van der Waals surface area contributed by atoms with Gasteiger partial charge in [0.2, 0.25) is 0 Å². The van der Waals surface area contributed by atoms with Gasteiger partial charge >= 0.3 is 11.8 Å². The Kier molecular flexibility index (Phi) is 7.25. The predicted molar refractivity (Wildman–Crippen MR) is 80.6 cm³/mol. The second-order valence-electron chi connectivity index (χ2n) is 4.68. The molecule has 0 aliphatic heterocycles. The Morgan fingerprint density at radius 1 is 1.30 bits per heavy atom. The molecule has 1 aromatic rings. The smallest absolute Gasteiger partial charge is 0.329 e. The van der Waals surface area contributed by atoms with E-state index in [0.29, 0.717) is 12.0 Å². The molecule has 2 N–H and O–H groups in total. The lowest BCUT2D eigenvalue weighted by molar-refractivity contribution is -0.307. The molecule has 23 heavy (non-hydrogen) atoms. The largest absolute Gasteiger partial charge is 0.546 e. The maximum atomic E-state index is 11.5. The lowest BCUT2D eigenvalue weighted by atomic mass is 10.2. The zero-order chi connectivity index (χ0) is 17.2. The molecule has 124 valence electrons. The number of benzene rings is 1. The lowest BCUT2D eigenvalue weighted by Gasteiger charge is -2.10. The molecule has 0 heterocycles. The Hall–Kier alpha value is -2.90. The van der Waals surface area contributed by atoms with Crippen molar-refractivity contribution in [2.45, 2.75) is 26.3 Å². The zero-order valence-electron chi connectivity index (χ0n) is 12.9. The van der Waals surface area contributed by atoms with Crippen LogP contribution in [0.4, 0.5) is 0 Å². The molecule has 2 amide bonds. The Morgan fingerprint density at radius 2 is 2.00 bits per heavy atom. The summed E-state index contributed by atoms with van der Waals surface area (Å²) < 4.78 is 5.03. The number of aliphatic carboxylic acids is 1. The van der Waals surface area contributed by atoms with Crippen molar-refractivity contribution < 1.29 is 24.2 Å². The number of nitrogens with zero attached hydrogens (tertiary/aromatic N) is 1. The van der Waals surface area contributed by atoms with E-state index in [4.69, 9.17) is 4.74 Å². The van der Waals surface area contributed by atoms with Crippen molar-refractivity contribution in [1.29, 1.82) is 0 Å². The average molecular weight is 320 g/mol. The number of carboxylic acids is 1. The Bertz CT molecular complexity index is 601. The summed E-state index contributed by atoms with van der Waals surface area (Å²) in [5, 5.41) is 16.6. The first-order valence-corrected chi connectivity index (χ1v) is 6.99. The fourth-order valence-corrected chi connectivity index (χ4v) is 1.46. The minimum absolute atomic E-state index is 0.115. The molecule has 0 aliphatic carbocycles. The number of hydrogen-bond acceptors (Lipinski definition) is 6. The topological polar surface area (TPSA) is 120 Å². The molecule has 0 saturated carbocycles. The van der Waals surface area contributed by atoms with Gasteiger partial charge in [0, 0.05) is 11.6 Å². The summed E-state index contributed by atoms with van der Waals surface area (Å²) in [5.41, 5.74) is 2.53. The number of ether oxygens (including phenoxy) is 1. The van der Waals surface area contributed by atoms with Gasteiger partial charge in [0.1, 0.15) is 12.4 Å². The van der Waals surface area contributed by atoms with Crippen molar-refractivity contribution in [3.05, 3.63) is 29.8 Å². The van der Waals surface area contributed by atoms with E-state index < -0.39 is 24.4 Å². The summed E-state index contributed by atoms with van der Waals surface area (Å²) in [6.07, 6.45) is 1.95. The first kappa shape index (κ1) is 18.1. The number of nitrogens with one attached hydrogen (secondary N) is 2. The molecule has 0 aromatic heterocycles. The molecule has 8 nitrogen and oxygen atoms in total. The van der Waals surface area contributed by atoms with Crippen LogP contribution in [-0.2, 0) is 14.4 Å². The maximum Gasteiger partial charge on any atom is 0.329 e. The fourth-order valence-electron chi connectivity index (χ4n) is 1.46. The molecule has 0 fully saturated rings. The normalized spacial score (nSPS) is 11.7. The van der Waals surface area contributed by atoms with E-state index in [1.54, 1.807) is 31.2 Å². The molecule has 0 spiro atoms. The molecule has 0 aliphatic rings. The number of rotatable bonds is 7. The molecule has 1 aromatic carbocycles. The van der Waals surface area contributed by atoms with Crippen LogP contribution in [0.5, 0.6) is 5.75 Å². The highest BCUT2D eigenvalue weighted by atomic mass is 16.5. The second-order valence-corrected chi connectivity index (χ2v) is 4.68. The molecular weight excluding hydrogens is 302 g/mol. The van der Waals surface area contributed by atoms with Gasteiger partial charge in [0.25, 0.3) is 0 Å². The molecule has 8 heteroatoms. The summed E-state index contributed by atoms with van der Waals surface area (Å²) >= 11 is 0. The van der Waals surface area contributed by atoms with Gasteiger partial charge in [-0.1, -0.05) is 19.1 Å². The summed E-state index contributed by atoms with van der Waals surface area (Å²) in [6, 6.07) is 6.38. The number of para-hydroxylation sites is 1. The van der Waals surface area contributed by atoms with Crippen LogP contribution in [0, 0.1) is 0 Å². The molecule has 0 bridgehead atoms. The average Bonchev–Trinajstić information content (AvgIpc) is 2.53. The molecule has 1 atom stereocenters. The van der Waals surface area contributed by atoms with Crippen LogP contribution in [0.3, 0.4) is 0 Å². The fraction of sp³-hybridized carbons (Fsp3) is 0.333. The van der Waals surface area contributed by atoms with Gasteiger partial charge in [-0.05, 0) is 25.5 Å². The lowest BCUT2D eigenvalue weighted by Crippen LogP contribution is -2.41. The van der Waals surface area contributed by atoms with E-state index in [2.05, 4.69) is 15.8 Å². The first-order chi connectivity index (χ1) is 10.9. The number of carboxylic acid groups (broad SMARTS) is 1. The number of carbonyl (C=O) groups is 3. The maximum absolute atomic E-state index is 11.5. The van der Waals surface area contributed by atoms with Crippen molar-refractivity contribution in [1.82, 2.24) is 10.7 Å². The standard InChI is InChI=1S/C15H19N3O5/c1-3-10(2)17-14(21)15(22)18-16-8-11-6-4-5-7-12(11)23-9-13(19)20/h4-8,10H,3,9H2,1-2H3,(H,17,21)(H,18,22)(H,19,20)/p-1/b16-8-/t10-/m0/s1. The summed E-state index contributed by atoms with van der Waals surface area (Å²) in [5.74, 6) is -2.77. The van der Waals surface area contributed by atoms with Crippen LogP contribution in [0.1, 0.15) is 25.8 Å². The van der Waals surface area contributed by atoms with Crippen LogP contribution in [-0.4, -0.2) is 36.6 Å². The molecular formula is C15H18N3O5-. The van der Waals surface area contributed by atoms with Gasteiger partial charge in [-0.3, -0.25) is 9.59 Å². The van der Waals surface area contributed by atoms with Crippen molar-refractivity contribution in [3.8, 4) is 5.75 Å². The van der Waals surface area contributed by atoms with Crippen LogP contribution in [0.25, 0.3) is 0 Å². The summed E-state index contributed by atoms with van der Waals surface area (Å²) in [7, 11) is 0. The highest BCUT2D eigenvalue weighted by molar-refractivity contribution is 6.35. The van der Waals surface area contributed by atoms with Gasteiger partial charge in [0.05, 0.1) is 12.2 Å². The molecule has 0 radical (unpaired) electrons. The number of hydrazone groups is 1. The number of carbonyl (C=O) groups excluding carboxylic acids is 3. The highest BCUT2D eigenvalue weighted by Crippen LogP contribution is 2.15. The van der Waals surface area contributed by atoms with Gasteiger partial charge in [0.15, 0.2) is 0 Å². The quantitative estimate of drug-likeness (QED) is 0.386. The van der Waals surface area contributed by atoms with Crippen molar-refractivity contribution in [3.63, 3.8) is 0 Å². The summed E-state index contributed by atoms with van der Waals surface area (Å²) in [6.45, 7) is 3.05. The third-order valence-electron chi connectivity index (χ3n) is 2.83. The van der Waals surface area contributed by atoms with Crippen LogP contribution in [0.2, 0.25) is 0 Å². The third kappa shape index (κ3) is 6.60. The number of hydrogen-bond donors (Lipinski definition) is 2. The van der Waals surface area contributed by atoms with Crippen LogP contribution < -0.4 is 20.6 Å². The zero-order valence-corrected chi connectivity index (χ0v) is 12.9.